The highest BCUT2D eigenvalue weighted by Gasteiger charge is 2.39. The van der Waals surface area contributed by atoms with Gasteiger partial charge in [-0.3, -0.25) is 14.2 Å². The van der Waals surface area contributed by atoms with Crippen molar-refractivity contribution in [3.63, 3.8) is 0 Å². The van der Waals surface area contributed by atoms with Gasteiger partial charge < -0.3 is 14.6 Å². The number of benzene rings is 1. The zero-order valence-corrected chi connectivity index (χ0v) is 13.0. The summed E-state index contributed by atoms with van der Waals surface area (Å²) in [6.07, 6.45) is -1.36. The Balaban J connectivity index is 2.61. The molecule has 9 heteroatoms. The Hall–Kier alpha value is -2.39. The van der Waals surface area contributed by atoms with Crippen molar-refractivity contribution in [1.29, 1.82) is 0 Å². The number of esters is 1. The summed E-state index contributed by atoms with van der Waals surface area (Å²) in [5.74, 6) is -4.67. The van der Waals surface area contributed by atoms with Crippen molar-refractivity contribution in [2.24, 2.45) is 0 Å². The van der Waals surface area contributed by atoms with Gasteiger partial charge in [0.2, 0.25) is 0 Å². The number of para-hydroxylation sites is 2. The fraction of sp³-hybridized carbons (Fsp3) is 0.400. The number of carbonyl (C=O) groups is 1. The van der Waals surface area contributed by atoms with Crippen LogP contribution in [0.25, 0.3) is 11.0 Å². The molecule has 1 unspecified atom stereocenters. The summed E-state index contributed by atoms with van der Waals surface area (Å²) in [5, 5.41) is 9.61. The number of methoxy groups -OCH3 is 1. The van der Waals surface area contributed by atoms with Crippen LogP contribution < -0.4 is 5.56 Å². The molecule has 1 aromatic heterocycles. The predicted octanol–water partition coefficient (Wildman–Crippen LogP) is 1.02. The van der Waals surface area contributed by atoms with Gasteiger partial charge in [-0.25, -0.2) is 4.98 Å². The maximum atomic E-state index is 14.3. The standard InChI is InChI=1S/C15H16F2N2O5/c1-9(20)24-8-15(16,17)13-14(22)19(7-12(21)23-2)11-6-4-3-5-10(11)18-13/h3-6,12,21H,7-8H2,1-2H3. The van der Waals surface area contributed by atoms with Crippen LogP contribution in [0.5, 0.6) is 0 Å². The van der Waals surface area contributed by atoms with Gasteiger partial charge in [0.05, 0.1) is 17.6 Å². The van der Waals surface area contributed by atoms with Crippen LogP contribution in [0.3, 0.4) is 0 Å². The zero-order valence-electron chi connectivity index (χ0n) is 13.0. The molecule has 0 spiro atoms. The fourth-order valence-corrected chi connectivity index (χ4v) is 2.10. The number of carbonyl (C=O) groups excluding carboxylic acids is 1. The molecule has 0 bridgehead atoms. The van der Waals surface area contributed by atoms with Gasteiger partial charge in [0.1, 0.15) is 0 Å². The molecular weight excluding hydrogens is 326 g/mol. The summed E-state index contributed by atoms with van der Waals surface area (Å²) in [5.41, 5.74) is -1.75. The van der Waals surface area contributed by atoms with Crippen LogP contribution in [0.4, 0.5) is 8.78 Å². The molecule has 7 nitrogen and oxygen atoms in total. The van der Waals surface area contributed by atoms with E-state index < -0.39 is 36.0 Å². The number of ether oxygens (including phenoxy) is 2. The largest absolute Gasteiger partial charge is 0.459 e. The molecule has 1 N–H and O–H groups in total. The Morgan fingerprint density at radius 2 is 2.08 bits per heavy atom. The monoisotopic (exact) mass is 342 g/mol. The Morgan fingerprint density at radius 3 is 2.71 bits per heavy atom. The molecule has 0 amide bonds. The van der Waals surface area contributed by atoms with Crippen molar-refractivity contribution in [2.75, 3.05) is 13.7 Å². The third-order valence-electron chi connectivity index (χ3n) is 3.27. The highest BCUT2D eigenvalue weighted by molar-refractivity contribution is 5.74. The maximum absolute atomic E-state index is 14.3. The molecule has 2 rings (SSSR count). The van der Waals surface area contributed by atoms with Crippen molar-refractivity contribution in [3.8, 4) is 0 Å². The second-order valence-corrected chi connectivity index (χ2v) is 5.04. The number of halogens is 2. The number of aliphatic hydroxyl groups excluding tert-OH is 1. The SMILES string of the molecule is COC(O)Cn1c(=O)c(C(F)(F)COC(C)=O)nc2ccccc21. The van der Waals surface area contributed by atoms with Gasteiger partial charge in [0, 0.05) is 14.0 Å². The average Bonchev–Trinajstić information content (AvgIpc) is 2.55. The fourth-order valence-electron chi connectivity index (χ4n) is 2.10. The molecule has 2 aromatic rings. The smallest absolute Gasteiger partial charge is 0.328 e. The minimum atomic E-state index is -3.77. The summed E-state index contributed by atoms with van der Waals surface area (Å²) in [4.78, 5) is 26.9. The van der Waals surface area contributed by atoms with Gasteiger partial charge in [-0.2, -0.15) is 8.78 Å². The molecule has 0 aliphatic rings. The minimum Gasteiger partial charge on any atom is -0.459 e. The molecule has 0 saturated heterocycles. The summed E-state index contributed by atoms with van der Waals surface area (Å²) >= 11 is 0. The molecule has 24 heavy (non-hydrogen) atoms. The van der Waals surface area contributed by atoms with E-state index in [-0.39, 0.29) is 17.6 Å². The van der Waals surface area contributed by atoms with Gasteiger partial charge in [-0.15, -0.1) is 0 Å². The lowest BCUT2D eigenvalue weighted by atomic mass is 10.2. The molecule has 130 valence electrons. The van der Waals surface area contributed by atoms with Crippen molar-refractivity contribution < 1.29 is 28.2 Å². The van der Waals surface area contributed by atoms with E-state index in [2.05, 4.69) is 14.5 Å². The maximum Gasteiger partial charge on any atom is 0.328 e. The van der Waals surface area contributed by atoms with Crippen molar-refractivity contribution >= 4 is 17.0 Å². The number of alkyl halides is 2. The lowest BCUT2D eigenvalue weighted by molar-refractivity contribution is -0.154. The van der Waals surface area contributed by atoms with Crippen LogP contribution in [-0.2, 0) is 26.7 Å². The summed E-state index contributed by atoms with van der Waals surface area (Å²) in [6.45, 7) is -0.665. The average molecular weight is 342 g/mol. The molecular formula is C15H16F2N2O5. The number of hydrogen-bond donors (Lipinski definition) is 1. The highest BCUT2D eigenvalue weighted by Crippen LogP contribution is 2.26. The number of aliphatic hydroxyl groups is 1. The van der Waals surface area contributed by atoms with E-state index in [1.165, 1.54) is 19.2 Å². The van der Waals surface area contributed by atoms with Crippen molar-refractivity contribution in [3.05, 3.63) is 40.3 Å². The van der Waals surface area contributed by atoms with Crippen LogP contribution in [0.1, 0.15) is 12.6 Å². The number of nitrogens with zero attached hydrogens (tertiary/aromatic N) is 2. The van der Waals surface area contributed by atoms with E-state index in [0.717, 1.165) is 11.5 Å². The Kier molecular flexibility index (Phi) is 5.25. The molecule has 0 fully saturated rings. The van der Waals surface area contributed by atoms with E-state index in [1.807, 2.05) is 0 Å². The van der Waals surface area contributed by atoms with E-state index in [1.54, 1.807) is 12.1 Å². The first-order valence-electron chi connectivity index (χ1n) is 6.98. The molecule has 0 radical (unpaired) electrons. The Labute approximate surface area is 135 Å². The second kappa shape index (κ2) is 7.02. The predicted molar refractivity (Wildman–Crippen MR) is 79.5 cm³/mol. The van der Waals surface area contributed by atoms with E-state index in [0.29, 0.717) is 0 Å². The molecule has 0 aliphatic carbocycles. The minimum absolute atomic E-state index is 0.137. The van der Waals surface area contributed by atoms with Crippen LogP contribution in [0, 0.1) is 0 Å². The third-order valence-corrected chi connectivity index (χ3v) is 3.27. The van der Waals surface area contributed by atoms with Gasteiger partial charge in [0.25, 0.3) is 5.56 Å². The molecule has 1 atom stereocenters. The number of rotatable bonds is 6. The first-order valence-corrected chi connectivity index (χ1v) is 6.98. The summed E-state index contributed by atoms with van der Waals surface area (Å²) in [7, 11) is 1.22. The summed E-state index contributed by atoms with van der Waals surface area (Å²) in [6, 6.07) is 6.15. The summed E-state index contributed by atoms with van der Waals surface area (Å²) < 4.78 is 38.5. The Morgan fingerprint density at radius 1 is 1.42 bits per heavy atom. The lowest BCUT2D eigenvalue weighted by Crippen LogP contribution is -2.37. The highest BCUT2D eigenvalue weighted by atomic mass is 19.3. The number of aromatic nitrogens is 2. The van der Waals surface area contributed by atoms with Crippen molar-refractivity contribution in [2.45, 2.75) is 25.7 Å². The van der Waals surface area contributed by atoms with Gasteiger partial charge >= 0.3 is 11.9 Å². The van der Waals surface area contributed by atoms with Gasteiger partial charge in [-0.1, -0.05) is 12.1 Å². The molecule has 0 aliphatic heterocycles. The van der Waals surface area contributed by atoms with Gasteiger partial charge in [-0.05, 0) is 12.1 Å². The van der Waals surface area contributed by atoms with Gasteiger partial charge in [0.15, 0.2) is 18.6 Å². The van der Waals surface area contributed by atoms with Crippen LogP contribution >= 0.6 is 0 Å². The lowest BCUT2D eigenvalue weighted by Gasteiger charge is -2.19. The third kappa shape index (κ3) is 3.74. The topological polar surface area (TPSA) is 90.6 Å². The first-order chi connectivity index (χ1) is 11.3. The second-order valence-electron chi connectivity index (χ2n) is 5.04. The van der Waals surface area contributed by atoms with E-state index >= 15 is 0 Å². The number of hydrogen-bond acceptors (Lipinski definition) is 6. The molecule has 1 heterocycles. The van der Waals surface area contributed by atoms with Crippen LogP contribution in [0.2, 0.25) is 0 Å². The van der Waals surface area contributed by atoms with Crippen LogP contribution in [-0.4, -0.2) is 40.6 Å². The molecule has 0 saturated carbocycles. The van der Waals surface area contributed by atoms with Crippen LogP contribution in [0.15, 0.2) is 29.1 Å². The molecule has 1 aromatic carbocycles. The Bertz CT molecular complexity index is 806. The van der Waals surface area contributed by atoms with E-state index in [4.69, 9.17) is 0 Å². The first kappa shape index (κ1) is 18.0. The normalized spacial score (nSPS) is 13.0. The number of fused-ring (bicyclic) bond motifs is 1. The van der Waals surface area contributed by atoms with Crippen molar-refractivity contribution in [1.82, 2.24) is 9.55 Å². The zero-order chi connectivity index (χ0) is 17.9. The van der Waals surface area contributed by atoms with E-state index in [9.17, 15) is 23.5 Å². The quantitative estimate of drug-likeness (QED) is 0.622.